The Balaban J connectivity index is 3.31. The highest BCUT2D eigenvalue weighted by atomic mass is 16.5. The summed E-state index contributed by atoms with van der Waals surface area (Å²) >= 11 is 0. The van der Waals surface area contributed by atoms with Crippen LogP contribution in [0.15, 0.2) is 0 Å². The van der Waals surface area contributed by atoms with Crippen LogP contribution in [-0.2, 0) is 14.3 Å². The van der Waals surface area contributed by atoms with Crippen molar-refractivity contribution >= 4 is 11.9 Å². The molecule has 0 aromatic carbocycles. The third-order valence-electron chi connectivity index (χ3n) is 20.7. The Morgan fingerprint density at radius 1 is 0.264 bits per heavy atom. The molecule has 0 spiro atoms. The average molecular weight is 1290 g/mol. The number of aliphatic hydroxyl groups excluding tert-OH is 2. The Morgan fingerprint density at radius 2 is 0.451 bits per heavy atom. The van der Waals surface area contributed by atoms with Crippen LogP contribution in [-0.4, -0.2) is 47.4 Å². The summed E-state index contributed by atoms with van der Waals surface area (Å²) in [5.74, 6) is 0.00403. The first-order valence-electron chi connectivity index (χ1n) is 42.8. The highest BCUT2D eigenvalue weighted by molar-refractivity contribution is 5.76. The molecular weight excluding hydrogens is 1110 g/mol. The first-order chi connectivity index (χ1) is 45.0. The normalized spacial score (nSPS) is 12.4. The lowest BCUT2D eigenvalue weighted by atomic mass is 10.0. The molecule has 0 bridgehead atoms. The lowest BCUT2D eigenvalue weighted by Gasteiger charge is -2.22. The molecule has 2 atom stereocenters. The third kappa shape index (κ3) is 77.7. The Morgan fingerprint density at radius 3 is 0.670 bits per heavy atom. The molecule has 0 saturated carbocycles. The number of carbonyl (C=O) groups excluding carboxylic acids is 2. The predicted molar refractivity (Wildman–Crippen MR) is 403 cm³/mol. The van der Waals surface area contributed by atoms with Crippen LogP contribution in [0.2, 0.25) is 0 Å². The number of nitrogens with one attached hydrogen (secondary N) is 1. The number of ether oxygens (including phenoxy) is 1. The van der Waals surface area contributed by atoms with Crippen molar-refractivity contribution in [3.8, 4) is 0 Å². The first kappa shape index (κ1) is 89.9. The quantitative estimate of drug-likeness (QED) is 0.0417. The van der Waals surface area contributed by atoms with Gasteiger partial charge in [-0.25, -0.2) is 0 Å². The molecule has 0 aliphatic rings. The van der Waals surface area contributed by atoms with Gasteiger partial charge in [0.25, 0.3) is 0 Å². The van der Waals surface area contributed by atoms with Gasteiger partial charge in [-0.2, -0.15) is 0 Å². The molecule has 1 amide bonds. The Kier molecular flexibility index (Phi) is 80.3. The molecule has 0 saturated heterocycles. The van der Waals surface area contributed by atoms with Crippen molar-refractivity contribution in [2.75, 3.05) is 13.2 Å². The monoisotopic (exact) mass is 1280 g/mol. The molecular formula is C85H169NO5. The Labute approximate surface area is 572 Å². The van der Waals surface area contributed by atoms with Gasteiger partial charge in [-0.15, -0.1) is 0 Å². The number of unbranched alkanes of at least 4 members (excludes halogenated alkanes) is 71. The maximum Gasteiger partial charge on any atom is 0.305 e. The van der Waals surface area contributed by atoms with Crippen molar-refractivity contribution in [1.29, 1.82) is 0 Å². The summed E-state index contributed by atoms with van der Waals surface area (Å²) in [6.07, 6.45) is 102. The number of aliphatic hydroxyl groups is 2. The molecule has 0 aliphatic carbocycles. The van der Waals surface area contributed by atoms with Crippen LogP contribution in [0.4, 0.5) is 0 Å². The molecule has 0 aromatic rings. The number of esters is 1. The summed E-state index contributed by atoms with van der Waals surface area (Å²) in [4.78, 5) is 24.7. The smallest absolute Gasteiger partial charge is 0.305 e. The summed E-state index contributed by atoms with van der Waals surface area (Å²) in [6, 6.07) is -0.539. The van der Waals surface area contributed by atoms with Gasteiger partial charge in [0.1, 0.15) is 0 Å². The summed E-state index contributed by atoms with van der Waals surface area (Å²) in [5, 5.41) is 23.5. The van der Waals surface area contributed by atoms with E-state index in [2.05, 4.69) is 19.2 Å². The standard InChI is InChI=1S/C85H169NO5/c1-3-5-7-9-11-13-15-17-19-21-23-24-25-36-39-42-45-49-53-57-61-65-69-73-77-83(88)82(81-87)86-84(89)78-74-70-66-62-58-54-50-46-43-40-37-34-32-30-28-26-27-29-31-33-35-38-41-44-48-52-56-60-64-68-72-76-80-91-85(90)79-75-71-67-63-59-55-51-47-22-20-18-16-14-12-10-8-6-4-2/h82-83,87-88H,3-81H2,1-2H3,(H,86,89). The van der Waals surface area contributed by atoms with E-state index in [0.717, 1.165) is 38.5 Å². The molecule has 0 rings (SSSR count). The van der Waals surface area contributed by atoms with Gasteiger partial charge in [0, 0.05) is 12.8 Å². The van der Waals surface area contributed by atoms with Crippen molar-refractivity contribution < 1.29 is 24.5 Å². The second-order valence-corrected chi connectivity index (χ2v) is 29.9. The van der Waals surface area contributed by atoms with Crippen molar-refractivity contribution in [2.45, 2.75) is 520 Å². The molecule has 0 fully saturated rings. The third-order valence-corrected chi connectivity index (χ3v) is 20.7. The molecule has 6 nitrogen and oxygen atoms in total. The van der Waals surface area contributed by atoms with Crippen LogP contribution in [0.3, 0.4) is 0 Å². The number of hydrogen-bond acceptors (Lipinski definition) is 5. The summed E-state index contributed by atoms with van der Waals surface area (Å²) in [5.41, 5.74) is 0. The molecule has 91 heavy (non-hydrogen) atoms. The van der Waals surface area contributed by atoms with Crippen LogP contribution < -0.4 is 5.32 Å². The second kappa shape index (κ2) is 81.3. The lowest BCUT2D eigenvalue weighted by Crippen LogP contribution is -2.45. The zero-order chi connectivity index (χ0) is 65.6. The van der Waals surface area contributed by atoms with E-state index in [1.165, 1.54) is 437 Å². The van der Waals surface area contributed by atoms with E-state index in [-0.39, 0.29) is 18.5 Å². The van der Waals surface area contributed by atoms with Crippen molar-refractivity contribution in [1.82, 2.24) is 5.32 Å². The van der Waals surface area contributed by atoms with Gasteiger partial charge < -0.3 is 20.3 Å². The number of hydrogen-bond donors (Lipinski definition) is 3. The van der Waals surface area contributed by atoms with Crippen LogP contribution in [0.25, 0.3) is 0 Å². The van der Waals surface area contributed by atoms with Gasteiger partial charge in [0.15, 0.2) is 0 Å². The van der Waals surface area contributed by atoms with E-state index < -0.39 is 12.1 Å². The van der Waals surface area contributed by atoms with Gasteiger partial charge in [0.05, 0.1) is 25.4 Å². The summed E-state index contributed by atoms with van der Waals surface area (Å²) < 4.78 is 5.52. The summed E-state index contributed by atoms with van der Waals surface area (Å²) in [7, 11) is 0. The fourth-order valence-electron chi connectivity index (χ4n) is 14.2. The van der Waals surface area contributed by atoms with E-state index in [0.29, 0.717) is 25.9 Å². The van der Waals surface area contributed by atoms with Gasteiger partial charge >= 0.3 is 5.97 Å². The van der Waals surface area contributed by atoms with E-state index in [4.69, 9.17) is 4.74 Å². The fraction of sp³-hybridized carbons (Fsp3) is 0.976. The second-order valence-electron chi connectivity index (χ2n) is 29.9. The molecule has 0 heterocycles. The highest BCUT2D eigenvalue weighted by Crippen LogP contribution is 2.21. The van der Waals surface area contributed by atoms with Gasteiger partial charge in [-0.3, -0.25) is 9.59 Å². The molecule has 544 valence electrons. The largest absolute Gasteiger partial charge is 0.466 e. The average Bonchev–Trinajstić information content (AvgIpc) is 3.73. The summed E-state index contributed by atoms with van der Waals surface area (Å²) in [6.45, 7) is 5.03. The molecule has 0 aliphatic heterocycles. The number of carbonyl (C=O) groups is 2. The molecule has 3 N–H and O–H groups in total. The molecule has 6 heteroatoms. The van der Waals surface area contributed by atoms with Crippen LogP contribution in [0, 0.1) is 0 Å². The lowest BCUT2D eigenvalue weighted by molar-refractivity contribution is -0.143. The van der Waals surface area contributed by atoms with Crippen molar-refractivity contribution in [3.05, 3.63) is 0 Å². The number of rotatable bonds is 82. The molecule has 0 radical (unpaired) electrons. The van der Waals surface area contributed by atoms with Crippen LogP contribution >= 0.6 is 0 Å². The van der Waals surface area contributed by atoms with E-state index >= 15 is 0 Å². The Bertz CT molecular complexity index is 1340. The zero-order valence-corrected chi connectivity index (χ0v) is 62.6. The molecule has 0 aromatic heterocycles. The van der Waals surface area contributed by atoms with Crippen molar-refractivity contribution in [3.63, 3.8) is 0 Å². The minimum Gasteiger partial charge on any atom is -0.466 e. The maximum absolute atomic E-state index is 12.6. The van der Waals surface area contributed by atoms with Crippen LogP contribution in [0.1, 0.15) is 508 Å². The maximum atomic E-state index is 12.6. The predicted octanol–water partition coefficient (Wildman–Crippen LogP) is 28.4. The molecule has 2 unspecified atom stereocenters. The number of amides is 1. The van der Waals surface area contributed by atoms with Crippen molar-refractivity contribution in [2.24, 2.45) is 0 Å². The fourth-order valence-corrected chi connectivity index (χ4v) is 14.2. The highest BCUT2D eigenvalue weighted by Gasteiger charge is 2.20. The van der Waals surface area contributed by atoms with Gasteiger partial charge in [-0.05, 0) is 25.7 Å². The topological polar surface area (TPSA) is 95.9 Å². The van der Waals surface area contributed by atoms with E-state index in [1.54, 1.807) is 0 Å². The van der Waals surface area contributed by atoms with Crippen LogP contribution in [0.5, 0.6) is 0 Å². The van der Waals surface area contributed by atoms with E-state index in [1.807, 2.05) is 0 Å². The minimum atomic E-state index is -0.662. The van der Waals surface area contributed by atoms with Gasteiger partial charge in [0.2, 0.25) is 5.91 Å². The first-order valence-corrected chi connectivity index (χ1v) is 42.8. The SMILES string of the molecule is CCCCCCCCCCCCCCCCCCCCCCCCCCC(O)C(CO)NC(=O)CCCCCCCCCCCCCCCCCCCCCCCCCCCCCCCCCCOC(=O)CCCCCCCCCCCCCCCCCCCC. The van der Waals surface area contributed by atoms with E-state index in [9.17, 15) is 19.8 Å². The Hall–Kier alpha value is -1.14. The zero-order valence-electron chi connectivity index (χ0n) is 62.6. The minimum absolute atomic E-state index is 0.0234. The van der Waals surface area contributed by atoms with Gasteiger partial charge in [-0.1, -0.05) is 470 Å².